The van der Waals surface area contributed by atoms with Gasteiger partial charge in [0.25, 0.3) is 0 Å². The number of carbonyl (C=O) groups excluding carboxylic acids is 1. The zero-order valence-corrected chi connectivity index (χ0v) is 15.3. The number of fused-ring (bicyclic) bond motifs is 1. The third kappa shape index (κ3) is 3.90. The summed E-state index contributed by atoms with van der Waals surface area (Å²) in [6.45, 7) is 7.73. The first-order valence-electron chi connectivity index (χ1n) is 8.43. The van der Waals surface area contributed by atoms with Gasteiger partial charge in [-0.25, -0.2) is 4.98 Å². The molecule has 2 aromatic rings. The molecule has 0 unspecified atom stereocenters. The van der Waals surface area contributed by atoms with E-state index < -0.39 is 0 Å². The van der Waals surface area contributed by atoms with Crippen LogP contribution in [0.3, 0.4) is 0 Å². The van der Waals surface area contributed by atoms with Crippen molar-refractivity contribution in [2.24, 2.45) is 0 Å². The topological polar surface area (TPSA) is 51.2 Å². The summed E-state index contributed by atoms with van der Waals surface area (Å²) in [4.78, 5) is 16.8. The maximum Gasteiger partial charge on any atom is 0.230 e. The van der Waals surface area contributed by atoms with E-state index >= 15 is 0 Å². The highest BCUT2D eigenvalue weighted by Crippen LogP contribution is 2.27. The van der Waals surface area contributed by atoms with Gasteiger partial charge >= 0.3 is 0 Å². The van der Waals surface area contributed by atoms with E-state index in [0.29, 0.717) is 12.3 Å². The molecule has 1 amide bonds. The van der Waals surface area contributed by atoms with Crippen LogP contribution in [0.2, 0.25) is 0 Å². The predicted octanol–water partition coefficient (Wildman–Crippen LogP) is 3.55. The van der Waals surface area contributed by atoms with E-state index in [-0.39, 0.29) is 12.0 Å². The fourth-order valence-electron chi connectivity index (χ4n) is 2.97. The van der Waals surface area contributed by atoms with E-state index in [1.165, 1.54) is 33.8 Å². The summed E-state index contributed by atoms with van der Waals surface area (Å²) >= 11 is 1.49. The van der Waals surface area contributed by atoms with Crippen molar-refractivity contribution in [2.75, 3.05) is 18.9 Å². The number of aromatic nitrogens is 1. The number of thioether (sulfide) groups is 1. The number of rotatable bonds is 5. The van der Waals surface area contributed by atoms with Gasteiger partial charge in [-0.05, 0) is 56.4 Å². The van der Waals surface area contributed by atoms with Crippen molar-refractivity contribution in [3.05, 3.63) is 34.9 Å². The number of amides is 1. The number of benzene rings is 1. The van der Waals surface area contributed by atoms with Crippen molar-refractivity contribution in [1.82, 2.24) is 10.3 Å². The van der Waals surface area contributed by atoms with Crippen LogP contribution in [0.4, 0.5) is 0 Å². The fraction of sp³-hybridized carbons (Fsp3) is 0.474. The molecule has 0 bridgehead atoms. The lowest BCUT2D eigenvalue weighted by atomic mass is 10.0. The number of aryl methyl sites for hydroxylation is 3. The average Bonchev–Trinajstić information content (AvgIpc) is 3.08. The molecule has 1 atom stereocenters. The van der Waals surface area contributed by atoms with E-state index in [1.54, 1.807) is 0 Å². The molecule has 0 saturated carbocycles. The average molecular weight is 344 g/mol. The highest BCUT2D eigenvalue weighted by molar-refractivity contribution is 7.99. The lowest BCUT2D eigenvalue weighted by molar-refractivity contribution is -0.119. The van der Waals surface area contributed by atoms with Crippen LogP contribution in [-0.4, -0.2) is 35.9 Å². The summed E-state index contributed by atoms with van der Waals surface area (Å²) in [6.07, 6.45) is 2.32. The molecule has 1 N–H and O–H groups in total. The van der Waals surface area contributed by atoms with Crippen LogP contribution in [0.15, 0.2) is 23.2 Å². The second-order valence-electron chi connectivity index (χ2n) is 6.41. The summed E-state index contributed by atoms with van der Waals surface area (Å²) in [6, 6.07) is 6.33. The molecule has 24 heavy (non-hydrogen) atoms. The molecule has 3 rings (SSSR count). The van der Waals surface area contributed by atoms with Crippen molar-refractivity contribution in [2.45, 2.75) is 44.7 Å². The van der Waals surface area contributed by atoms with Crippen molar-refractivity contribution < 1.29 is 9.53 Å². The van der Waals surface area contributed by atoms with Crippen LogP contribution >= 0.6 is 11.8 Å². The van der Waals surface area contributed by atoms with Gasteiger partial charge in [0, 0.05) is 18.5 Å². The van der Waals surface area contributed by atoms with Crippen LogP contribution in [0.25, 0.3) is 10.9 Å². The monoisotopic (exact) mass is 344 g/mol. The molecule has 0 aliphatic carbocycles. The Kier molecular flexibility index (Phi) is 5.41. The summed E-state index contributed by atoms with van der Waals surface area (Å²) in [5.74, 6) is 0.422. The smallest absolute Gasteiger partial charge is 0.230 e. The second-order valence-corrected chi connectivity index (χ2v) is 7.40. The Bertz CT molecular complexity index is 755. The zero-order chi connectivity index (χ0) is 17.1. The van der Waals surface area contributed by atoms with Gasteiger partial charge in [-0.2, -0.15) is 0 Å². The quantitative estimate of drug-likeness (QED) is 0.843. The minimum atomic E-state index is 0.0380. The summed E-state index contributed by atoms with van der Waals surface area (Å²) in [5, 5.41) is 5.04. The number of nitrogens with one attached hydrogen (secondary N) is 1. The summed E-state index contributed by atoms with van der Waals surface area (Å²) in [5.41, 5.74) is 4.69. The number of hydrogen-bond donors (Lipinski definition) is 1. The predicted molar refractivity (Wildman–Crippen MR) is 98.7 cm³/mol. The summed E-state index contributed by atoms with van der Waals surface area (Å²) in [7, 11) is 0. The SMILES string of the molecule is Cc1ccc2c(C)cc(SCC(=O)NC[C@@H]3CCCO3)nc2c1C. The molecule has 2 heterocycles. The molecule has 1 fully saturated rings. The molecule has 1 aliphatic heterocycles. The number of hydrogen-bond acceptors (Lipinski definition) is 4. The Hall–Kier alpha value is -1.59. The Balaban J connectivity index is 1.64. The van der Waals surface area contributed by atoms with Crippen molar-refractivity contribution in [3.8, 4) is 0 Å². The second kappa shape index (κ2) is 7.53. The van der Waals surface area contributed by atoms with Gasteiger partial charge in [-0.1, -0.05) is 23.9 Å². The van der Waals surface area contributed by atoms with Gasteiger partial charge < -0.3 is 10.1 Å². The Morgan fingerprint density at radius 2 is 2.17 bits per heavy atom. The van der Waals surface area contributed by atoms with Crippen LogP contribution in [0.5, 0.6) is 0 Å². The molecule has 1 saturated heterocycles. The van der Waals surface area contributed by atoms with Crippen LogP contribution in [0.1, 0.15) is 29.5 Å². The first kappa shape index (κ1) is 17.2. The maximum atomic E-state index is 12.0. The first-order chi connectivity index (χ1) is 11.5. The standard InChI is InChI=1S/C19H24N2O2S/c1-12-6-7-16-13(2)9-18(21-19(16)14(12)3)24-11-17(22)20-10-15-5-4-8-23-15/h6-7,9,15H,4-5,8,10-11H2,1-3H3,(H,20,22)/t15-/m0/s1. The van der Waals surface area contributed by atoms with Crippen molar-refractivity contribution in [1.29, 1.82) is 0 Å². The molecule has 0 spiro atoms. The van der Waals surface area contributed by atoms with Gasteiger partial charge in [-0.3, -0.25) is 4.79 Å². The number of pyridine rings is 1. The molecule has 0 radical (unpaired) electrons. The van der Waals surface area contributed by atoms with Gasteiger partial charge in [-0.15, -0.1) is 0 Å². The molecule has 1 aromatic heterocycles. The minimum Gasteiger partial charge on any atom is -0.376 e. The van der Waals surface area contributed by atoms with Crippen LogP contribution in [-0.2, 0) is 9.53 Å². The van der Waals surface area contributed by atoms with Crippen LogP contribution < -0.4 is 5.32 Å². The molecule has 128 valence electrons. The Labute approximate surface area is 147 Å². The molecule has 5 heteroatoms. The van der Waals surface area contributed by atoms with Gasteiger partial charge in [0.2, 0.25) is 5.91 Å². The lowest BCUT2D eigenvalue weighted by Gasteiger charge is -2.12. The Morgan fingerprint density at radius 3 is 2.92 bits per heavy atom. The van der Waals surface area contributed by atoms with E-state index in [2.05, 4.69) is 44.3 Å². The highest BCUT2D eigenvalue weighted by atomic mass is 32.2. The zero-order valence-electron chi connectivity index (χ0n) is 14.5. The lowest BCUT2D eigenvalue weighted by Crippen LogP contribution is -2.32. The molecule has 1 aliphatic rings. The maximum absolute atomic E-state index is 12.0. The molecular weight excluding hydrogens is 320 g/mol. The van der Waals surface area contributed by atoms with Crippen molar-refractivity contribution >= 4 is 28.6 Å². The van der Waals surface area contributed by atoms with Crippen molar-refractivity contribution in [3.63, 3.8) is 0 Å². The minimum absolute atomic E-state index is 0.0380. The van der Waals surface area contributed by atoms with Gasteiger partial charge in [0.15, 0.2) is 0 Å². The number of nitrogens with zero attached hydrogens (tertiary/aromatic N) is 1. The normalized spacial score (nSPS) is 17.4. The number of carbonyl (C=O) groups is 1. The molecule has 4 nitrogen and oxygen atoms in total. The van der Waals surface area contributed by atoms with Gasteiger partial charge in [0.1, 0.15) is 0 Å². The van der Waals surface area contributed by atoms with E-state index in [4.69, 9.17) is 9.72 Å². The first-order valence-corrected chi connectivity index (χ1v) is 9.42. The third-order valence-electron chi connectivity index (χ3n) is 4.59. The Morgan fingerprint density at radius 1 is 1.33 bits per heavy atom. The third-order valence-corrected chi connectivity index (χ3v) is 5.50. The van der Waals surface area contributed by atoms with E-state index in [9.17, 15) is 4.79 Å². The molecular formula is C19H24N2O2S. The van der Waals surface area contributed by atoms with Gasteiger partial charge in [0.05, 0.1) is 22.4 Å². The van der Waals surface area contributed by atoms with Crippen LogP contribution in [0, 0.1) is 20.8 Å². The largest absolute Gasteiger partial charge is 0.376 e. The number of ether oxygens (including phenoxy) is 1. The van der Waals surface area contributed by atoms with E-state index in [1.807, 2.05) is 0 Å². The van der Waals surface area contributed by atoms with E-state index in [0.717, 1.165) is 30.0 Å². The summed E-state index contributed by atoms with van der Waals surface area (Å²) < 4.78 is 5.52. The molecule has 1 aromatic carbocycles. The fourth-order valence-corrected chi connectivity index (χ4v) is 3.76. The highest BCUT2D eigenvalue weighted by Gasteiger charge is 2.16.